The van der Waals surface area contributed by atoms with E-state index in [0.717, 1.165) is 27.8 Å². The Bertz CT molecular complexity index is 2600. The molecule has 9 rings (SSSR count). The van der Waals surface area contributed by atoms with Crippen LogP contribution in [0.2, 0.25) is 0 Å². The summed E-state index contributed by atoms with van der Waals surface area (Å²) in [6.07, 6.45) is 0. The normalized spacial score (nSPS) is 11.3. The zero-order valence-electron chi connectivity index (χ0n) is 26.8. The number of hydrogen-bond acceptors (Lipinski definition) is 4. The second-order valence-electron chi connectivity index (χ2n) is 12.2. The molecule has 0 fully saturated rings. The highest BCUT2D eigenvalue weighted by Gasteiger charge is 2.16. The van der Waals surface area contributed by atoms with Gasteiger partial charge >= 0.3 is 0 Å². The molecule has 0 atom stereocenters. The summed E-state index contributed by atoms with van der Waals surface area (Å²) >= 11 is 1.80. The Morgan fingerprint density at radius 3 is 1.56 bits per heavy atom. The second kappa shape index (κ2) is 12.6. The fourth-order valence-corrected chi connectivity index (χ4v) is 7.79. The van der Waals surface area contributed by atoms with Crippen LogP contribution in [-0.2, 0) is 0 Å². The third-order valence-corrected chi connectivity index (χ3v) is 10.2. The van der Waals surface area contributed by atoms with E-state index >= 15 is 4.39 Å². The molecule has 0 radical (unpaired) electrons. The summed E-state index contributed by atoms with van der Waals surface area (Å²) in [5, 5.41) is 2.46. The number of rotatable bonds is 6. The Morgan fingerprint density at radius 2 is 0.900 bits per heavy atom. The van der Waals surface area contributed by atoms with Crippen molar-refractivity contribution in [2.24, 2.45) is 0 Å². The van der Waals surface area contributed by atoms with Crippen LogP contribution in [0, 0.1) is 5.82 Å². The maximum Gasteiger partial charge on any atom is 0.164 e. The van der Waals surface area contributed by atoms with E-state index in [-0.39, 0.29) is 5.82 Å². The van der Waals surface area contributed by atoms with E-state index in [1.165, 1.54) is 37.4 Å². The lowest BCUT2D eigenvalue weighted by atomic mass is 9.96. The van der Waals surface area contributed by atoms with E-state index in [1.54, 1.807) is 17.4 Å². The molecule has 0 saturated carbocycles. The Balaban J connectivity index is 1.13. The number of hydrogen-bond donors (Lipinski definition) is 0. The Hall–Kier alpha value is -6.30. The van der Waals surface area contributed by atoms with Crippen LogP contribution in [0.3, 0.4) is 0 Å². The van der Waals surface area contributed by atoms with Crippen LogP contribution in [0.1, 0.15) is 0 Å². The van der Waals surface area contributed by atoms with Crippen molar-refractivity contribution in [1.82, 2.24) is 15.0 Å². The molecule has 0 unspecified atom stereocenters. The van der Waals surface area contributed by atoms with Gasteiger partial charge in [-0.3, -0.25) is 0 Å². The molecule has 3 nitrogen and oxygen atoms in total. The van der Waals surface area contributed by atoms with Crippen LogP contribution in [0.5, 0.6) is 0 Å². The average molecular weight is 662 g/mol. The zero-order chi connectivity index (χ0) is 33.4. The van der Waals surface area contributed by atoms with Crippen molar-refractivity contribution in [1.29, 1.82) is 0 Å². The average Bonchev–Trinajstić information content (AvgIpc) is 3.57. The minimum atomic E-state index is -0.306. The van der Waals surface area contributed by atoms with Crippen LogP contribution < -0.4 is 0 Å². The summed E-state index contributed by atoms with van der Waals surface area (Å²) in [6.45, 7) is 0. The van der Waals surface area contributed by atoms with Gasteiger partial charge in [-0.2, -0.15) is 0 Å². The van der Waals surface area contributed by atoms with Gasteiger partial charge in [0.1, 0.15) is 5.82 Å². The SMILES string of the molecule is Fc1ccc(-c2nc(-c3ccccc3)nc(-c3ccccc3)n2)cc1-c1cccc(-c2cccc3c2sc2cc(-c4ccccc4)ccc23)c1. The van der Waals surface area contributed by atoms with E-state index in [0.29, 0.717) is 28.6 Å². The van der Waals surface area contributed by atoms with Gasteiger partial charge in [-0.05, 0) is 58.1 Å². The minimum Gasteiger partial charge on any atom is -0.208 e. The first kappa shape index (κ1) is 29.8. The van der Waals surface area contributed by atoms with Crippen molar-refractivity contribution in [3.05, 3.63) is 176 Å². The fourth-order valence-electron chi connectivity index (χ4n) is 6.51. The molecule has 0 aliphatic heterocycles. The quantitative estimate of drug-likeness (QED) is 0.178. The van der Waals surface area contributed by atoms with Crippen LogP contribution in [0.15, 0.2) is 170 Å². The van der Waals surface area contributed by atoms with Gasteiger partial charge < -0.3 is 0 Å². The van der Waals surface area contributed by atoms with Crippen molar-refractivity contribution in [2.45, 2.75) is 0 Å². The largest absolute Gasteiger partial charge is 0.208 e. The maximum atomic E-state index is 15.7. The smallest absolute Gasteiger partial charge is 0.164 e. The predicted molar refractivity (Wildman–Crippen MR) is 205 cm³/mol. The van der Waals surface area contributed by atoms with Gasteiger partial charge in [0.25, 0.3) is 0 Å². The lowest BCUT2D eigenvalue weighted by Crippen LogP contribution is -2.00. The molecule has 9 aromatic rings. The molecular formula is C45H28FN3S. The molecule has 236 valence electrons. The van der Waals surface area contributed by atoms with Gasteiger partial charge in [0.2, 0.25) is 0 Å². The number of fused-ring (bicyclic) bond motifs is 3. The Morgan fingerprint density at radius 1 is 0.360 bits per heavy atom. The van der Waals surface area contributed by atoms with E-state index in [2.05, 4.69) is 72.8 Å². The van der Waals surface area contributed by atoms with Crippen LogP contribution >= 0.6 is 11.3 Å². The second-order valence-corrected chi connectivity index (χ2v) is 13.2. The van der Waals surface area contributed by atoms with E-state index in [4.69, 9.17) is 15.0 Å². The molecule has 0 amide bonds. The molecule has 0 N–H and O–H groups in total. The molecular weight excluding hydrogens is 634 g/mol. The van der Waals surface area contributed by atoms with Gasteiger partial charge in [0.15, 0.2) is 17.5 Å². The van der Waals surface area contributed by atoms with Gasteiger partial charge in [0, 0.05) is 42.4 Å². The summed E-state index contributed by atoms with van der Waals surface area (Å²) in [5.41, 5.74) is 8.32. The van der Waals surface area contributed by atoms with Gasteiger partial charge in [-0.15, -0.1) is 11.3 Å². The molecule has 5 heteroatoms. The Labute approximate surface area is 293 Å². The first-order chi connectivity index (χ1) is 24.7. The molecule has 0 bridgehead atoms. The maximum absolute atomic E-state index is 15.7. The first-order valence-corrected chi connectivity index (χ1v) is 17.3. The molecule has 2 heterocycles. The zero-order valence-corrected chi connectivity index (χ0v) is 27.6. The monoisotopic (exact) mass is 661 g/mol. The number of nitrogens with zero attached hydrogens (tertiary/aromatic N) is 3. The van der Waals surface area contributed by atoms with Crippen LogP contribution in [0.4, 0.5) is 4.39 Å². The van der Waals surface area contributed by atoms with Crippen molar-refractivity contribution in [3.63, 3.8) is 0 Å². The van der Waals surface area contributed by atoms with Crippen molar-refractivity contribution in [3.8, 4) is 67.5 Å². The molecule has 50 heavy (non-hydrogen) atoms. The van der Waals surface area contributed by atoms with Crippen LogP contribution in [0.25, 0.3) is 87.7 Å². The van der Waals surface area contributed by atoms with Crippen molar-refractivity contribution in [2.75, 3.05) is 0 Å². The molecule has 0 saturated heterocycles. The third kappa shape index (κ3) is 5.54. The first-order valence-electron chi connectivity index (χ1n) is 16.5. The topological polar surface area (TPSA) is 38.7 Å². The number of aromatic nitrogens is 3. The lowest BCUT2D eigenvalue weighted by molar-refractivity contribution is 0.631. The molecule has 0 aliphatic carbocycles. The summed E-state index contributed by atoms with van der Waals surface area (Å²) in [5.74, 6) is 1.31. The lowest BCUT2D eigenvalue weighted by Gasteiger charge is -2.11. The minimum absolute atomic E-state index is 0.306. The molecule has 2 aromatic heterocycles. The number of halogens is 1. The summed E-state index contributed by atoms with van der Waals surface area (Å²) in [7, 11) is 0. The Kier molecular flexibility index (Phi) is 7.52. The fraction of sp³-hybridized carbons (Fsp3) is 0. The number of thiophene rings is 1. The highest BCUT2D eigenvalue weighted by Crippen LogP contribution is 2.42. The van der Waals surface area contributed by atoms with Crippen molar-refractivity contribution < 1.29 is 4.39 Å². The van der Waals surface area contributed by atoms with E-state index < -0.39 is 0 Å². The van der Waals surface area contributed by atoms with Gasteiger partial charge in [-0.1, -0.05) is 140 Å². The highest BCUT2D eigenvalue weighted by atomic mass is 32.1. The van der Waals surface area contributed by atoms with Gasteiger partial charge in [0.05, 0.1) is 0 Å². The molecule has 7 aromatic carbocycles. The van der Waals surface area contributed by atoms with E-state index in [9.17, 15) is 0 Å². The summed E-state index contributed by atoms with van der Waals surface area (Å²) in [6, 6.07) is 56.6. The molecule has 0 spiro atoms. The summed E-state index contributed by atoms with van der Waals surface area (Å²) < 4.78 is 18.2. The highest BCUT2D eigenvalue weighted by molar-refractivity contribution is 7.26. The standard InChI is InChI=1S/C45H28FN3S/c46-40-25-23-35(45-48-43(30-14-6-2-7-15-30)47-44(49-45)31-16-8-3-9-17-31)27-39(40)34-19-10-18-33(26-34)36-20-11-21-38-37-24-22-32(28-41(37)50-42(36)38)29-12-4-1-5-13-29/h1-28H. The predicted octanol–water partition coefficient (Wildman–Crippen LogP) is 12.4. The van der Waals surface area contributed by atoms with Crippen LogP contribution in [-0.4, -0.2) is 15.0 Å². The summed E-state index contributed by atoms with van der Waals surface area (Å²) in [4.78, 5) is 14.5. The van der Waals surface area contributed by atoms with Crippen molar-refractivity contribution >= 4 is 31.5 Å². The third-order valence-electron chi connectivity index (χ3n) is 9.01. The van der Waals surface area contributed by atoms with E-state index in [1.807, 2.05) is 84.9 Å². The number of benzene rings is 7. The van der Waals surface area contributed by atoms with Gasteiger partial charge in [-0.25, -0.2) is 19.3 Å². The molecule has 0 aliphatic rings.